The number of carbonyl (C=O) groups excluding carboxylic acids is 4. The summed E-state index contributed by atoms with van der Waals surface area (Å²) in [7, 11) is -1.68. The molecule has 0 aromatic rings. The Morgan fingerprint density at radius 2 is 1.20 bits per heavy atom. The lowest BCUT2D eigenvalue weighted by atomic mass is 9.78. The molecule has 1 unspecified atom stereocenters. The Morgan fingerprint density at radius 3 is 1.66 bits per heavy atom. The molecule has 3 amide bonds. The Bertz CT molecular complexity index is 1410. The van der Waals surface area contributed by atoms with Crippen LogP contribution in [0.2, 0.25) is 0 Å². The second-order valence-corrected chi connectivity index (χ2v) is 15.7. The van der Waals surface area contributed by atoms with E-state index in [0.717, 1.165) is 0 Å². The first kappa shape index (κ1) is 50.9. The fourth-order valence-corrected chi connectivity index (χ4v) is 7.39. The highest BCUT2D eigenvalue weighted by atomic mass is 16.4. The SMILES string of the molecule is CC(C)[C@H](CC(=O)CCCCNC(=O)CCC(C(=O)O)N1CCN(CC(=O)O)CCN(CC(=O)O)CCN(CC(=O)O)CC1)C(=O)N[C@H](C)C(=O)N1CCC[C@H]1B(O)O. The summed E-state index contributed by atoms with van der Waals surface area (Å²) in [6.07, 6.45) is 1.77. The molecule has 4 atom stereocenters. The molecule has 0 spiro atoms. The molecule has 2 fully saturated rings. The monoisotopic (exact) mass is 841 g/mol. The van der Waals surface area contributed by atoms with Gasteiger partial charge in [-0.25, -0.2) is 0 Å². The Hall–Kier alpha value is -4.22. The van der Waals surface area contributed by atoms with Crippen molar-refractivity contribution in [3.8, 4) is 0 Å². The van der Waals surface area contributed by atoms with E-state index in [9.17, 15) is 68.8 Å². The maximum absolute atomic E-state index is 13.1. The van der Waals surface area contributed by atoms with Crippen LogP contribution in [0.3, 0.4) is 0 Å². The topological polar surface area (TPSA) is 298 Å². The Labute approximate surface area is 345 Å². The van der Waals surface area contributed by atoms with Crippen LogP contribution in [0, 0.1) is 11.8 Å². The highest BCUT2D eigenvalue weighted by Gasteiger charge is 2.39. The van der Waals surface area contributed by atoms with E-state index in [1.165, 1.54) is 11.8 Å². The number of carboxylic acid groups (broad SMARTS) is 4. The lowest BCUT2D eigenvalue weighted by Crippen LogP contribution is -2.53. The number of nitrogens with zero attached hydrogens (tertiary/aromatic N) is 5. The van der Waals surface area contributed by atoms with Crippen molar-refractivity contribution in [3.63, 3.8) is 0 Å². The maximum Gasteiger partial charge on any atom is 0.475 e. The first-order chi connectivity index (χ1) is 27.8. The summed E-state index contributed by atoms with van der Waals surface area (Å²) in [6, 6.07) is -2.07. The molecule has 22 heteroatoms. The van der Waals surface area contributed by atoms with Gasteiger partial charge in [0.15, 0.2) is 0 Å². The molecule has 2 aliphatic rings. The molecule has 21 nitrogen and oxygen atoms in total. The van der Waals surface area contributed by atoms with Gasteiger partial charge in [0.25, 0.3) is 0 Å². The number of rotatable bonds is 23. The van der Waals surface area contributed by atoms with Crippen LogP contribution in [0.5, 0.6) is 0 Å². The number of aliphatic carboxylic acids is 4. The highest BCUT2D eigenvalue weighted by molar-refractivity contribution is 6.43. The third kappa shape index (κ3) is 19.2. The molecule has 0 aliphatic carbocycles. The molecule has 2 heterocycles. The molecule has 8 N–H and O–H groups in total. The second-order valence-electron chi connectivity index (χ2n) is 15.7. The normalized spacial score (nSPS) is 19.5. The van der Waals surface area contributed by atoms with Crippen LogP contribution in [0.1, 0.15) is 72.1 Å². The Balaban J connectivity index is 1.91. The van der Waals surface area contributed by atoms with Gasteiger partial charge in [-0.1, -0.05) is 13.8 Å². The number of hydrogen-bond donors (Lipinski definition) is 8. The molecule has 0 bridgehead atoms. The van der Waals surface area contributed by atoms with E-state index in [4.69, 9.17) is 0 Å². The summed E-state index contributed by atoms with van der Waals surface area (Å²) in [5.41, 5.74) is 0. The number of Topliss-reactive ketones (excluding diaryl/α,β-unsaturated/α-hetero) is 1. The quantitative estimate of drug-likeness (QED) is 0.0397. The van der Waals surface area contributed by atoms with Gasteiger partial charge >= 0.3 is 31.0 Å². The smallest absolute Gasteiger partial charge is 0.475 e. The minimum atomic E-state index is -1.68. The molecular weight excluding hydrogens is 777 g/mol. The average Bonchev–Trinajstić information content (AvgIpc) is 3.64. The number of nitrogens with one attached hydrogen (secondary N) is 2. The summed E-state index contributed by atoms with van der Waals surface area (Å²) in [4.78, 5) is 107. The number of ketones is 1. The number of amides is 3. The van der Waals surface area contributed by atoms with Crippen LogP contribution in [0.4, 0.5) is 0 Å². The first-order valence-corrected chi connectivity index (χ1v) is 20.3. The van der Waals surface area contributed by atoms with Gasteiger partial charge in [0, 0.05) is 90.6 Å². The van der Waals surface area contributed by atoms with Crippen molar-refractivity contribution in [1.82, 2.24) is 35.1 Å². The van der Waals surface area contributed by atoms with Crippen LogP contribution in [0.25, 0.3) is 0 Å². The van der Waals surface area contributed by atoms with Gasteiger partial charge in [0.05, 0.1) is 25.6 Å². The minimum Gasteiger partial charge on any atom is -0.480 e. The summed E-state index contributed by atoms with van der Waals surface area (Å²) < 4.78 is 0. The van der Waals surface area contributed by atoms with Crippen molar-refractivity contribution in [3.05, 3.63) is 0 Å². The zero-order valence-corrected chi connectivity index (χ0v) is 34.5. The van der Waals surface area contributed by atoms with E-state index in [1.54, 1.807) is 33.4 Å². The van der Waals surface area contributed by atoms with Crippen LogP contribution in [-0.4, -0.2) is 213 Å². The van der Waals surface area contributed by atoms with E-state index < -0.39 is 72.7 Å². The van der Waals surface area contributed by atoms with Gasteiger partial charge in [-0.2, -0.15) is 0 Å². The molecule has 0 aromatic heterocycles. The van der Waals surface area contributed by atoms with Gasteiger partial charge in [0.1, 0.15) is 17.9 Å². The van der Waals surface area contributed by atoms with Gasteiger partial charge in [0.2, 0.25) is 17.7 Å². The standard InChI is InChI=1S/C37H64BN7O14/c1-25(2)28(35(54)40-26(3)36(55)45-12-6-8-30(45)38(58)59)21-27(46)7-4-5-11-39-31(47)10-9-29(37(56)57)44-19-17-42(23-33(50)51)15-13-41(22-32(48)49)14-16-43(18-20-44)24-34(52)53/h25-26,28-30,58-59H,4-24H2,1-3H3,(H,39,47)(H,40,54)(H,48,49)(H,50,51)(H,52,53)(H,56,57)/t26-,28+,29?,30+/m1/s1. The second kappa shape index (κ2) is 26.1. The van der Waals surface area contributed by atoms with Crippen LogP contribution < -0.4 is 10.6 Å². The number of carbonyl (C=O) groups is 8. The van der Waals surface area contributed by atoms with E-state index in [2.05, 4.69) is 10.6 Å². The number of likely N-dealkylation sites (tertiary alicyclic amines) is 1. The number of unbranched alkanes of at least 4 members (excludes halogenated alkanes) is 1. The Kier molecular flexibility index (Phi) is 22.5. The van der Waals surface area contributed by atoms with E-state index in [1.807, 2.05) is 0 Å². The molecule has 0 saturated carbocycles. The maximum atomic E-state index is 13.1. The van der Waals surface area contributed by atoms with Crippen molar-refractivity contribution in [1.29, 1.82) is 0 Å². The van der Waals surface area contributed by atoms with Gasteiger partial charge in [-0.3, -0.25) is 58.0 Å². The van der Waals surface area contributed by atoms with Crippen molar-refractivity contribution < 1.29 is 68.8 Å². The largest absolute Gasteiger partial charge is 0.480 e. The van der Waals surface area contributed by atoms with Gasteiger partial charge < -0.3 is 46.0 Å². The lowest BCUT2D eigenvalue weighted by molar-refractivity contribution is -0.145. The van der Waals surface area contributed by atoms with Crippen LogP contribution >= 0.6 is 0 Å². The van der Waals surface area contributed by atoms with E-state index in [0.29, 0.717) is 32.2 Å². The predicted molar refractivity (Wildman–Crippen MR) is 212 cm³/mol. The molecule has 334 valence electrons. The van der Waals surface area contributed by atoms with E-state index in [-0.39, 0.29) is 116 Å². The fraction of sp³-hybridized carbons (Fsp3) is 0.784. The molecule has 2 saturated heterocycles. The predicted octanol–water partition coefficient (Wildman–Crippen LogP) is -2.28. The highest BCUT2D eigenvalue weighted by Crippen LogP contribution is 2.21. The molecule has 59 heavy (non-hydrogen) atoms. The molecule has 2 rings (SSSR count). The van der Waals surface area contributed by atoms with Crippen molar-refractivity contribution >= 4 is 54.5 Å². The van der Waals surface area contributed by atoms with Crippen LogP contribution in [0.15, 0.2) is 0 Å². The van der Waals surface area contributed by atoms with Gasteiger partial charge in [-0.05, 0) is 44.9 Å². The molecule has 0 radical (unpaired) electrons. The lowest BCUT2D eigenvalue weighted by Gasteiger charge is -2.35. The van der Waals surface area contributed by atoms with Crippen molar-refractivity contribution in [2.45, 2.75) is 90.2 Å². The third-order valence-corrected chi connectivity index (χ3v) is 10.8. The number of carboxylic acids is 4. The Morgan fingerprint density at radius 1 is 0.695 bits per heavy atom. The molecule has 0 aromatic carbocycles. The summed E-state index contributed by atoms with van der Waals surface area (Å²) in [6.45, 7) is 5.79. The first-order valence-electron chi connectivity index (χ1n) is 20.3. The minimum absolute atomic E-state index is 0.0448. The zero-order valence-electron chi connectivity index (χ0n) is 34.5. The van der Waals surface area contributed by atoms with E-state index >= 15 is 0 Å². The summed E-state index contributed by atoms with van der Waals surface area (Å²) >= 11 is 0. The molecular formula is C37H64BN7O14. The zero-order chi connectivity index (χ0) is 44.2. The third-order valence-electron chi connectivity index (χ3n) is 10.8. The van der Waals surface area contributed by atoms with Crippen molar-refractivity contribution in [2.75, 3.05) is 85.1 Å². The number of hydrogen-bond acceptors (Lipinski definition) is 14. The van der Waals surface area contributed by atoms with Crippen molar-refractivity contribution in [2.24, 2.45) is 11.8 Å². The molecule has 2 aliphatic heterocycles. The average molecular weight is 842 g/mol. The fourth-order valence-electron chi connectivity index (χ4n) is 7.39. The van der Waals surface area contributed by atoms with Gasteiger partial charge in [-0.15, -0.1) is 0 Å². The summed E-state index contributed by atoms with van der Waals surface area (Å²) in [5.74, 6) is -7.61. The van der Waals surface area contributed by atoms with Crippen LogP contribution in [-0.2, 0) is 38.4 Å². The summed E-state index contributed by atoms with van der Waals surface area (Å²) in [5, 5.41) is 63.1.